The van der Waals surface area contributed by atoms with Crippen LogP contribution in [0.25, 0.3) is 0 Å². The van der Waals surface area contributed by atoms with Gasteiger partial charge in [0.1, 0.15) is 4.32 Å². The molecule has 13 heavy (non-hydrogen) atoms. The maximum Gasteiger partial charge on any atom is 0.153 e. The number of allylic oxidation sites excluding steroid dienone is 2. The number of Topliss-reactive ketones (excluding diaryl/α,β-unsaturated/α-hetero) is 1. The molecule has 74 valence electrons. The topological polar surface area (TPSA) is 17.1 Å². The van der Waals surface area contributed by atoms with Crippen molar-refractivity contribution in [3.05, 3.63) is 12.2 Å². The van der Waals surface area contributed by atoms with Crippen LogP contribution in [-0.4, -0.2) is 10.1 Å². The summed E-state index contributed by atoms with van der Waals surface area (Å²) in [6, 6.07) is 0. The van der Waals surface area contributed by atoms with Crippen LogP contribution in [0.4, 0.5) is 0 Å². The van der Waals surface area contributed by atoms with Gasteiger partial charge in [0.15, 0.2) is 5.78 Å². The summed E-state index contributed by atoms with van der Waals surface area (Å²) in [6.07, 6.45) is 10.2. The lowest BCUT2D eigenvalue weighted by Crippen LogP contribution is -2.30. The summed E-state index contributed by atoms with van der Waals surface area (Å²) in [4.78, 5) is 11.8. The first-order valence-corrected chi connectivity index (χ1v) is 5.88. The molecule has 1 aliphatic carbocycles. The van der Waals surface area contributed by atoms with Crippen molar-refractivity contribution >= 4 is 21.7 Å². The highest BCUT2D eigenvalue weighted by Gasteiger charge is 2.32. The maximum absolute atomic E-state index is 11.8. The molecule has 0 heterocycles. The lowest BCUT2D eigenvalue weighted by molar-refractivity contribution is -0.120. The van der Waals surface area contributed by atoms with Crippen LogP contribution in [0.3, 0.4) is 0 Å². The molecule has 2 heteroatoms. The molecule has 0 aromatic rings. The predicted octanol–water partition coefficient (Wildman–Crippen LogP) is 3.62. The van der Waals surface area contributed by atoms with E-state index >= 15 is 0 Å². The molecule has 1 nitrogen and oxygen atoms in total. The Hall–Kier alpha value is -0.110. The minimum atomic E-state index is -0.319. The lowest BCUT2D eigenvalue weighted by atomic mass is 9.90. The van der Waals surface area contributed by atoms with Crippen molar-refractivity contribution in [2.75, 3.05) is 0 Å². The molecule has 1 atom stereocenters. The molecule has 0 fully saturated rings. The Bertz CT molecular complexity index is 210. The van der Waals surface area contributed by atoms with Gasteiger partial charge >= 0.3 is 0 Å². The molecule has 0 radical (unpaired) electrons. The number of carbonyl (C=O) groups is 1. The number of unbranched alkanes of at least 4 members (excludes halogenated alkanes) is 1. The molecule has 0 aliphatic heterocycles. The van der Waals surface area contributed by atoms with Crippen LogP contribution < -0.4 is 0 Å². The summed E-state index contributed by atoms with van der Waals surface area (Å²) in [7, 11) is 0. The Labute approximate surface area is 88.7 Å². The smallest absolute Gasteiger partial charge is 0.153 e. The van der Waals surface area contributed by atoms with E-state index in [9.17, 15) is 4.79 Å². The summed E-state index contributed by atoms with van der Waals surface area (Å²) in [5, 5.41) is 0. The monoisotopic (exact) mass is 244 g/mol. The van der Waals surface area contributed by atoms with Crippen LogP contribution in [0.2, 0.25) is 0 Å². The lowest BCUT2D eigenvalue weighted by Gasteiger charge is -2.25. The van der Waals surface area contributed by atoms with E-state index < -0.39 is 0 Å². The molecule has 1 aliphatic rings. The molecule has 0 aromatic carbocycles. The molecule has 0 spiro atoms. The Morgan fingerprint density at radius 3 is 2.92 bits per heavy atom. The minimum absolute atomic E-state index is 0.319. The normalized spacial score (nSPS) is 27.5. The molecule has 0 saturated carbocycles. The van der Waals surface area contributed by atoms with E-state index in [1.165, 1.54) is 0 Å². The minimum Gasteiger partial charge on any atom is -0.298 e. The van der Waals surface area contributed by atoms with E-state index in [1.807, 2.05) is 6.08 Å². The van der Waals surface area contributed by atoms with Crippen molar-refractivity contribution in [3.8, 4) is 0 Å². The predicted molar refractivity (Wildman–Crippen MR) is 59.2 cm³/mol. The van der Waals surface area contributed by atoms with Gasteiger partial charge in [-0.1, -0.05) is 41.4 Å². The Kier molecular flexibility index (Phi) is 4.17. The maximum atomic E-state index is 11.8. The van der Waals surface area contributed by atoms with E-state index in [-0.39, 0.29) is 4.32 Å². The summed E-state index contributed by atoms with van der Waals surface area (Å²) >= 11 is 3.56. The van der Waals surface area contributed by atoms with E-state index in [4.69, 9.17) is 0 Å². The zero-order valence-corrected chi connectivity index (χ0v) is 9.77. The first-order valence-electron chi connectivity index (χ1n) is 5.09. The molecular formula is C11H17BrO. The van der Waals surface area contributed by atoms with Crippen LogP contribution in [0.1, 0.15) is 45.4 Å². The molecule has 0 saturated heterocycles. The van der Waals surface area contributed by atoms with E-state index in [0.717, 1.165) is 32.1 Å². The third kappa shape index (κ3) is 2.94. The van der Waals surface area contributed by atoms with Gasteiger partial charge in [-0.05, 0) is 25.7 Å². The standard InChI is InChI=1S/C11H17BrO/c1-2-3-7-10(13)11(12)8-5-4-6-9-11/h5,8H,2-4,6-7,9H2,1H3/t11-/m1/s1. The SMILES string of the molecule is CCCCC(=O)[C@@]1(Br)C=CCCC1. The van der Waals surface area contributed by atoms with Gasteiger partial charge in [0.2, 0.25) is 0 Å². The molecular weight excluding hydrogens is 228 g/mol. The van der Waals surface area contributed by atoms with Crippen LogP contribution in [0.15, 0.2) is 12.2 Å². The van der Waals surface area contributed by atoms with Crippen molar-refractivity contribution in [1.29, 1.82) is 0 Å². The van der Waals surface area contributed by atoms with Gasteiger partial charge in [0.05, 0.1) is 0 Å². The van der Waals surface area contributed by atoms with E-state index in [2.05, 4.69) is 28.9 Å². The van der Waals surface area contributed by atoms with Crippen molar-refractivity contribution < 1.29 is 4.79 Å². The second kappa shape index (κ2) is 4.94. The number of hydrogen-bond donors (Lipinski definition) is 0. The van der Waals surface area contributed by atoms with Crippen molar-refractivity contribution in [2.24, 2.45) is 0 Å². The Balaban J connectivity index is 2.52. The van der Waals surface area contributed by atoms with E-state index in [0.29, 0.717) is 12.2 Å². The van der Waals surface area contributed by atoms with Gasteiger partial charge in [-0.2, -0.15) is 0 Å². The second-order valence-electron chi connectivity index (χ2n) is 3.68. The largest absolute Gasteiger partial charge is 0.298 e. The van der Waals surface area contributed by atoms with Gasteiger partial charge in [-0.15, -0.1) is 0 Å². The number of rotatable bonds is 4. The quantitative estimate of drug-likeness (QED) is 0.546. The van der Waals surface area contributed by atoms with Crippen LogP contribution in [0.5, 0.6) is 0 Å². The number of ketones is 1. The Morgan fingerprint density at radius 2 is 2.38 bits per heavy atom. The van der Waals surface area contributed by atoms with Crippen molar-refractivity contribution in [1.82, 2.24) is 0 Å². The second-order valence-corrected chi connectivity index (χ2v) is 5.10. The molecule has 0 N–H and O–H groups in total. The van der Waals surface area contributed by atoms with Gasteiger partial charge in [0, 0.05) is 6.42 Å². The van der Waals surface area contributed by atoms with Crippen LogP contribution in [0, 0.1) is 0 Å². The summed E-state index contributed by atoms with van der Waals surface area (Å²) < 4.78 is -0.319. The fourth-order valence-electron chi connectivity index (χ4n) is 1.61. The number of carbonyl (C=O) groups excluding carboxylic acids is 1. The van der Waals surface area contributed by atoms with Gasteiger partial charge < -0.3 is 0 Å². The highest BCUT2D eigenvalue weighted by atomic mass is 79.9. The van der Waals surface area contributed by atoms with E-state index in [1.54, 1.807) is 0 Å². The van der Waals surface area contributed by atoms with Crippen LogP contribution in [-0.2, 0) is 4.79 Å². The molecule has 0 unspecified atom stereocenters. The Morgan fingerprint density at radius 1 is 1.62 bits per heavy atom. The van der Waals surface area contributed by atoms with Gasteiger partial charge in [0.25, 0.3) is 0 Å². The van der Waals surface area contributed by atoms with Gasteiger partial charge in [-0.3, -0.25) is 4.79 Å². The molecule has 0 amide bonds. The van der Waals surface area contributed by atoms with Crippen molar-refractivity contribution in [3.63, 3.8) is 0 Å². The average Bonchev–Trinajstić information content (AvgIpc) is 2.15. The summed E-state index contributed by atoms with van der Waals surface area (Å²) in [5.41, 5.74) is 0. The number of halogens is 1. The molecule has 0 aromatic heterocycles. The fourth-order valence-corrected chi connectivity index (χ4v) is 2.27. The third-order valence-corrected chi connectivity index (χ3v) is 3.62. The van der Waals surface area contributed by atoms with Crippen molar-refractivity contribution in [2.45, 2.75) is 49.8 Å². The van der Waals surface area contributed by atoms with Crippen LogP contribution >= 0.6 is 15.9 Å². The number of alkyl halides is 1. The highest BCUT2D eigenvalue weighted by molar-refractivity contribution is 9.10. The molecule has 1 rings (SSSR count). The zero-order valence-electron chi connectivity index (χ0n) is 8.18. The summed E-state index contributed by atoms with van der Waals surface area (Å²) in [5.74, 6) is 0.352. The third-order valence-electron chi connectivity index (χ3n) is 2.51. The molecule has 0 bridgehead atoms. The summed E-state index contributed by atoms with van der Waals surface area (Å²) in [6.45, 7) is 2.12. The first kappa shape index (κ1) is 11.0. The average molecular weight is 245 g/mol. The fraction of sp³-hybridized carbons (Fsp3) is 0.727. The van der Waals surface area contributed by atoms with Gasteiger partial charge in [-0.25, -0.2) is 0 Å². The number of hydrogen-bond acceptors (Lipinski definition) is 1. The first-order chi connectivity index (χ1) is 6.19. The highest BCUT2D eigenvalue weighted by Crippen LogP contribution is 2.33. The zero-order chi connectivity index (χ0) is 9.73.